The van der Waals surface area contributed by atoms with E-state index in [4.69, 9.17) is 11.6 Å². The van der Waals surface area contributed by atoms with E-state index in [1.165, 1.54) is 0 Å². The topological polar surface area (TPSA) is 0 Å². The van der Waals surface area contributed by atoms with Crippen LogP contribution in [-0.2, 0) is 0 Å². The lowest BCUT2D eigenvalue weighted by atomic mass is 10.6. The van der Waals surface area contributed by atoms with Crippen molar-refractivity contribution in [1.82, 2.24) is 0 Å². The second kappa shape index (κ2) is 3.28. The average Bonchev–Trinajstić information content (AvgIpc) is 1.36. The van der Waals surface area contributed by atoms with E-state index in [-0.39, 0.29) is 4.29 Å². The highest BCUT2D eigenvalue weighted by atomic mass is 79.9. The molecule has 0 saturated carbocycles. The third kappa shape index (κ3) is 3.44. The van der Waals surface area contributed by atoms with Crippen LogP contribution >= 0.6 is 43.5 Å². The van der Waals surface area contributed by atoms with Crippen molar-refractivity contribution in [3.8, 4) is 0 Å². The predicted octanol–water partition coefficient (Wildman–Crippen LogP) is 2.73. The highest BCUT2D eigenvalue weighted by molar-refractivity contribution is 9.12. The Kier molecular flexibility index (Phi) is 3.96. The molecule has 6 heavy (non-hydrogen) atoms. The maximum atomic E-state index is 5.48. The van der Waals surface area contributed by atoms with E-state index >= 15 is 0 Å². The van der Waals surface area contributed by atoms with Crippen molar-refractivity contribution < 1.29 is 0 Å². The SMILES string of the molecule is C[C@H](Br)[C@H](Cl)Br. The fourth-order valence-corrected chi connectivity index (χ4v) is 0. The predicted molar refractivity (Wildman–Crippen MR) is 37.0 cm³/mol. The standard InChI is InChI=1S/C3H5Br2Cl/c1-2(4)3(5)6/h2-3H,1H3/t2-,3-/m0/s1. The number of hydrogen-bond acceptors (Lipinski definition) is 0. The molecule has 0 bridgehead atoms. The van der Waals surface area contributed by atoms with Gasteiger partial charge in [-0.15, -0.1) is 11.6 Å². The van der Waals surface area contributed by atoms with E-state index in [0.29, 0.717) is 4.83 Å². The van der Waals surface area contributed by atoms with Gasteiger partial charge in [0.25, 0.3) is 0 Å². The van der Waals surface area contributed by atoms with Crippen molar-refractivity contribution >= 4 is 43.5 Å². The minimum Gasteiger partial charge on any atom is -0.109 e. The number of halogens is 3. The largest absolute Gasteiger partial charge is 0.109 e. The van der Waals surface area contributed by atoms with E-state index in [1.807, 2.05) is 6.92 Å². The van der Waals surface area contributed by atoms with Gasteiger partial charge in [0.05, 0.1) is 0 Å². The zero-order valence-corrected chi connectivity index (χ0v) is 7.22. The van der Waals surface area contributed by atoms with Crippen molar-refractivity contribution in [2.24, 2.45) is 0 Å². The molecule has 0 N–H and O–H groups in total. The van der Waals surface area contributed by atoms with E-state index in [0.717, 1.165) is 0 Å². The first-order valence-corrected chi connectivity index (χ1v) is 3.83. The lowest BCUT2D eigenvalue weighted by molar-refractivity contribution is 1.11. The maximum absolute atomic E-state index is 5.48. The quantitative estimate of drug-likeness (QED) is 0.614. The Morgan fingerprint density at radius 3 is 1.67 bits per heavy atom. The van der Waals surface area contributed by atoms with Gasteiger partial charge in [0.2, 0.25) is 0 Å². The summed E-state index contributed by atoms with van der Waals surface area (Å²) >= 11 is 11.9. The van der Waals surface area contributed by atoms with Crippen molar-refractivity contribution in [3.63, 3.8) is 0 Å². The van der Waals surface area contributed by atoms with E-state index in [2.05, 4.69) is 31.9 Å². The molecule has 0 amide bonds. The molecule has 0 spiro atoms. The van der Waals surface area contributed by atoms with Crippen LogP contribution in [0, 0.1) is 0 Å². The fourth-order valence-electron chi connectivity index (χ4n) is 0. The number of alkyl halides is 3. The summed E-state index contributed by atoms with van der Waals surface area (Å²) in [5.74, 6) is 0. The van der Waals surface area contributed by atoms with Gasteiger partial charge in [0, 0.05) is 4.83 Å². The van der Waals surface area contributed by atoms with Crippen LogP contribution in [0.3, 0.4) is 0 Å². The molecule has 0 aliphatic carbocycles. The molecule has 0 saturated heterocycles. The van der Waals surface area contributed by atoms with E-state index < -0.39 is 0 Å². The van der Waals surface area contributed by atoms with Gasteiger partial charge in [-0.3, -0.25) is 0 Å². The molecule has 0 aliphatic rings. The van der Waals surface area contributed by atoms with Gasteiger partial charge in [-0.05, 0) is 0 Å². The summed E-state index contributed by atoms with van der Waals surface area (Å²) in [6.45, 7) is 1.98. The zero-order chi connectivity index (χ0) is 5.15. The lowest BCUT2D eigenvalue weighted by Crippen LogP contribution is -1.98. The van der Waals surface area contributed by atoms with Gasteiger partial charge in [0.15, 0.2) is 0 Å². The Labute approximate surface area is 59.5 Å². The van der Waals surface area contributed by atoms with Gasteiger partial charge < -0.3 is 0 Å². The van der Waals surface area contributed by atoms with Gasteiger partial charge in [-0.1, -0.05) is 38.8 Å². The third-order valence-corrected chi connectivity index (χ3v) is 3.06. The molecule has 0 aliphatic heterocycles. The Hall–Kier alpha value is 1.25. The van der Waals surface area contributed by atoms with Gasteiger partial charge in [0.1, 0.15) is 4.29 Å². The molecule has 0 aromatic carbocycles. The van der Waals surface area contributed by atoms with E-state index in [9.17, 15) is 0 Å². The smallest absolute Gasteiger partial charge is 0.101 e. The fraction of sp³-hybridized carbons (Fsp3) is 1.00. The minimum atomic E-state index is 0.0532. The van der Waals surface area contributed by atoms with E-state index in [1.54, 1.807) is 0 Å². The minimum absolute atomic E-state index is 0.0532. The van der Waals surface area contributed by atoms with Crippen molar-refractivity contribution in [3.05, 3.63) is 0 Å². The Balaban J connectivity index is 2.99. The summed E-state index contributed by atoms with van der Waals surface area (Å²) in [5.41, 5.74) is 0. The summed E-state index contributed by atoms with van der Waals surface area (Å²) in [7, 11) is 0. The van der Waals surface area contributed by atoms with Crippen molar-refractivity contribution in [2.75, 3.05) is 0 Å². The summed E-state index contributed by atoms with van der Waals surface area (Å²) in [6, 6.07) is 0. The van der Waals surface area contributed by atoms with Gasteiger partial charge in [-0.2, -0.15) is 0 Å². The van der Waals surface area contributed by atoms with Crippen LogP contribution in [0.4, 0.5) is 0 Å². The average molecular weight is 236 g/mol. The number of hydrogen-bond donors (Lipinski definition) is 0. The molecular formula is C3H5Br2Cl. The van der Waals surface area contributed by atoms with Gasteiger partial charge in [-0.25, -0.2) is 0 Å². The Bertz CT molecular complexity index is 29.8. The first-order valence-electron chi connectivity index (χ1n) is 1.57. The maximum Gasteiger partial charge on any atom is 0.101 e. The van der Waals surface area contributed by atoms with Crippen LogP contribution in [0.2, 0.25) is 0 Å². The summed E-state index contributed by atoms with van der Waals surface area (Å²) < 4.78 is 0.0532. The van der Waals surface area contributed by atoms with Gasteiger partial charge >= 0.3 is 0 Å². The van der Waals surface area contributed by atoms with Crippen LogP contribution in [0.1, 0.15) is 6.92 Å². The molecule has 0 rings (SSSR count). The molecule has 2 atom stereocenters. The van der Waals surface area contributed by atoms with Crippen LogP contribution < -0.4 is 0 Å². The molecule has 38 valence electrons. The molecule has 3 heteroatoms. The summed E-state index contributed by atoms with van der Waals surface area (Å²) in [4.78, 5) is 0.346. The first kappa shape index (κ1) is 7.25. The summed E-state index contributed by atoms with van der Waals surface area (Å²) in [5, 5.41) is 0. The monoisotopic (exact) mass is 234 g/mol. The van der Waals surface area contributed by atoms with Crippen LogP contribution in [0.15, 0.2) is 0 Å². The molecule has 0 nitrogen and oxygen atoms in total. The molecule has 0 heterocycles. The second-order valence-corrected chi connectivity index (χ2v) is 4.44. The zero-order valence-electron chi connectivity index (χ0n) is 3.29. The molecule has 0 aromatic heterocycles. The Morgan fingerprint density at radius 1 is 1.50 bits per heavy atom. The van der Waals surface area contributed by atoms with Crippen molar-refractivity contribution in [1.29, 1.82) is 0 Å². The normalized spacial score (nSPS) is 20.0. The highest BCUT2D eigenvalue weighted by Gasteiger charge is 2.02. The van der Waals surface area contributed by atoms with Crippen LogP contribution in [0.25, 0.3) is 0 Å². The summed E-state index contributed by atoms with van der Waals surface area (Å²) in [6.07, 6.45) is 0. The van der Waals surface area contributed by atoms with Crippen molar-refractivity contribution in [2.45, 2.75) is 16.0 Å². The highest BCUT2D eigenvalue weighted by Crippen LogP contribution is 2.16. The first-order chi connectivity index (χ1) is 2.64. The van der Waals surface area contributed by atoms with Crippen LogP contribution in [-0.4, -0.2) is 9.11 Å². The molecule has 0 aromatic rings. The number of rotatable bonds is 1. The third-order valence-electron chi connectivity index (χ3n) is 0.347. The molecule has 0 fully saturated rings. The second-order valence-electron chi connectivity index (χ2n) is 1.01. The lowest BCUT2D eigenvalue weighted by Gasteiger charge is -1.98. The van der Waals surface area contributed by atoms with Crippen LogP contribution in [0.5, 0.6) is 0 Å². The molecular weight excluding hydrogens is 231 g/mol. The molecule has 0 radical (unpaired) electrons. The molecule has 0 unspecified atom stereocenters. The Morgan fingerprint density at radius 2 is 1.67 bits per heavy atom.